The topological polar surface area (TPSA) is 76.2 Å². The summed E-state index contributed by atoms with van der Waals surface area (Å²) in [5.41, 5.74) is 4.89. The number of hydrogen-bond acceptors (Lipinski definition) is 4. The number of carbonyl (C=O) groups is 1. The summed E-state index contributed by atoms with van der Waals surface area (Å²) in [5, 5.41) is 15.3. The fourth-order valence-corrected chi connectivity index (χ4v) is 6.58. The second-order valence-electron chi connectivity index (χ2n) is 11.3. The first-order valence-electron chi connectivity index (χ1n) is 14.1. The number of hydrogen-bond donors (Lipinski definition) is 1. The van der Waals surface area contributed by atoms with Gasteiger partial charge in [0.05, 0.1) is 28.2 Å². The molecule has 7 nitrogen and oxygen atoms in total. The molecule has 1 saturated heterocycles. The van der Waals surface area contributed by atoms with Crippen molar-refractivity contribution >= 4 is 27.8 Å². The van der Waals surface area contributed by atoms with Crippen molar-refractivity contribution in [2.24, 2.45) is 13.0 Å². The predicted octanol–water partition coefficient (Wildman–Crippen LogP) is 5.52. The number of likely N-dealkylation sites (tertiary alicyclic amines) is 1. The molecule has 1 saturated carbocycles. The molecule has 1 aliphatic carbocycles. The summed E-state index contributed by atoms with van der Waals surface area (Å²) in [7, 11) is 1.83. The van der Waals surface area contributed by atoms with Crippen molar-refractivity contribution in [2.45, 2.75) is 44.2 Å². The normalized spacial score (nSPS) is 19.8. The zero-order valence-electron chi connectivity index (χ0n) is 22.5. The van der Waals surface area contributed by atoms with E-state index in [1.165, 1.54) is 12.1 Å². The Hall–Kier alpha value is -4.04. The van der Waals surface area contributed by atoms with Gasteiger partial charge >= 0.3 is 0 Å². The van der Waals surface area contributed by atoms with Gasteiger partial charge < -0.3 is 14.6 Å². The maximum absolute atomic E-state index is 13.9. The number of imidazole rings is 1. The fraction of sp³-hybridized carbons (Fsp3) is 0.344. The first-order valence-corrected chi connectivity index (χ1v) is 14.1. The maximum Gasteiger partial charge on any atom is 0.256 e. The molecule has 8 heteroatoms. The molecular weight excluding hydrogens is 505 g/mol. The summed E-state index contributed by atoms with van der Waals surface area (Å²) in [6.45, 7) is 2.18. The van der Waals surface area contributed by atoms with E-state index >= 15 is 0 Å². The van der Waals surface area contributed by atoms with Crippen LogP contribution in [0, 0.1) is 11.7 Å². The van der Waals surface area contributed by atoms with Crippen LogP contribution in [0.5, 0.6) is 0 Å². The third-order valence-electron chi connectivity index (χ3n) is 8.68. The number of nitrogens with zero attached hydrogens (tertiary/aromatic N) is 5. The number of halogens is 1. The van der Waals surface area contributed by atoms with Gasteiger partial charge in [0, 0.05) is 43.5 Å². The molecule has 7 rings (SSSR count). The second kappa shape index (κ2) is 9.86. The molecule has 0 unspecified atom stereocenters. The smallest absolute Gasteiger partial charge is 0.256 e. The van der Waals surface area contributed by atoms with Gasteiger partial charge in [-0.2, -0.15) is 5.10 Å². The molecule has 3 aromatic carbocycles. The molecule has 2 aliphatic rings. The van der Waals surface area contributed by atoms with Crippen LogP contribution in [0.15, 0.2) is 66.7 Å². The molecular formula is C32H32FN5O2. The van der Waals surface area contributed by atoms with E-state index in [9.17, 15) is 14.3 Å². The Morgan fingerprint density at radius 2 is 1.80 bits per heavy atom. The van der Waals surface area contributed by atoms with Gasteiger partial charge in [0.25, 0.3) is 5.91 Å². The van der Waals surface area contributed by atoms with E-state index in [1.807, 2.05) is 42.3 Å². The molecule has 0 radical (unpaired) electrons. The molecule has 1 amide bonds. The molecule has 0 bridgehead atoms. The van der Waals surface area contributed by atoms with E-state index in [4.69, 9.17) is 4.98 Å². The summed E-state index contributed by atoms with van der Waals surface area (Å²) in [4.78, 5) is 20.8. The summed E-state index contributed by atoms with van der Waals surface area (Å²) in [6.07, 6.45) is 3.21. The number of aliphatic hydroxyl groups excluding tert-OH is 1. The monoisotopic (exact) mass is 537 g/mol. The quantitative estimate of drug-likeness (QED) is 0.320. The molecule has 0 atom stereocenters. The van der Waals surface area contributed by atoms with E-state index in [0.717, 1.165) is 60.0 Å². The van der Waals surface area contributed by atoms with E-state index in [1.54, 1.807) is 10.7 Å². The van der Waals surface area contributed by atoms with Crippen LogP contribution in [0.25, 0.3) is 33.2 Å². The van der Waals surface area contributed by atoms with E-state index in [0.29, 0.717) is 35.8 Å². The van der Waals surface area contributed by atoms with Crippen molar-refractivity contribution in [3.63, 3.8) is 0 Å². The van der Waals surface area contributed by atoms with Gasteiger partial charge in [-0.1, -0.05) is 36.4 Å². The Kier molecular flexibility index (Phi) is 6.15. The van der Waals surface area contributed by atoms with Crippen molar-refractivity contribution in [3.8, 4) is 11.3 Å². The molecule has 0 spiro atoms. The van der Waals surface area contributed by atoms with Gasteiger partial charge in [-0.15, -0.1) is 0 Å². The van der Waals surface area contributed by atoms with Crippen LogP contribution in [-0.4, -0.2) is 54.4 Å². The first kappa shape index (κ1) is 25.0. The highest BCUT2D eigenvalue weighted by Gasteiger charge is 2.32. The number of carbonyl (C=O) groups excluding carboxylic acids is 1. The number of aryl methyl sites for hydroxylation is 1. The van der Waals surface area contributed by atoms with Crippen molar-refractivity contribution < 1.29 is 14.3 Å². The number of piperidine rings is 1. The Labute approximate surface area is 231 Å². The van der Waals surface area contributed by atoms with Crippen LogP contribution in [0.2, 0.25) is 0 Å². The van der Waals surface area contributed by atoms with Gasteiger partial charge in [-0.25, -0.2) is 9.37 Å². The molecule has 204 valence electrons. The van der Waals surface area contributed by atoms with Gasteiger partial charge in [0.2, 0.25) is 0 Å². The van der Waals surface area contributed by atoms with Crippen molar-refractivity contribution in [3.05, 3.63) is 83.9 Å². The second-order valence-corrected chi connectivity index (χ2v) is 11.3. The van der Waals surface area contributed by atoms with E-state index in [-0.39, 0.29) is 23.7 Å². The number of aliphatic hydroxyl groups is 1. The standard InChI is InChI=1S/C32H32FN5O2/c1-36-30-25(29(35-36)22-6-4-7-23(33)18-22)8-5-9-26(30)32(40)37-14-12-21(13-15-37)31-34-27-10-2-3-11-28(27)38(31)19-20-16-24(39)17-20/h2-11,18,20-21,24,39H,12-17,19H2,1H3. The minimum Gasteiger partial charge on any atom is -0.393 e. The third kappa shape index (κ3) is 4.27. The van der Waals surface area contributed by atoms with Gasteiger partial charge in [-0.3, -0.25) is 9.48 Å². The SMILES string of the molecule is Cn1nc(-c2cccc(F)c2)c2cccc(C(=O)N3CCC(c4nc5ccccc5n4CC4CC(O)C4)CC3)c21. The zero-order valence-corrected chi connectivity index (χ0v) is 22.5. The van der Waals surface area contributed by atoms with Crippen molar-refractivity contribution in [1.82, 2.24) is 24.2 Å². The summed E-state index contributed by atoms with van der Waals surface area (Å²) in [5.74, 6) is 1.53. The number of amides is 1. The van der Waals surface area contributed by atoms with Crippen molar-refractivity contribution in [1.29, 1.82) is 0 Å². The van der Waals surface area contributed by atoms with Crippen LogP contribution < -0.4 is 0 Å². The highest BCUT2D eigenvalue weighted by atomic mass is 19.1. The molecule has 1 aliphatic heterocycles. The van der Waals surface area contributed by atoms with Crippen LogP contribution >= 0.6 is 0 Å². The number of fused-ring (bicyclic) bond motifs is 2. The number of aromatic nitrogens is 4. The average Bonchev–Trinajstić information content (AvgIpc) is 3.50. The summed E-state index contributed by atoms with van der Waals surface area (Å²) in [6, 6.07) is 20.4. The molecule has 5 aromatic rings. The Morgan fingerprint density at radius 3 is 2.58 bits per heavy atom. The first-order chi connectivity index (χ1) is 19.5. The van der Waals surface area contributed by atoms with Gasteiger partial charge in [0.15, 0.2) is 0 Å². The Bertz CT molecular complexity index is 1730. The summed E-state index contributed by atoms with van der Waals surface area (Å²) < 4.78 is 18.0. The fourth-order valence-electron chi connectivity index (χ4n) is 6.58. The van der Waals surface area contributed by atoms with Crippen LogP contribution in [0.4, 0.5) is 4.39 Å². The number of rotatable bonds is 5. The Morgan fingerprint density at radius 1 is 1.02 bits per heavy atom. The van der Waals surface area contributed by atoms with Gasteiger partial charge in [-0.05, 0) is 61.9 Å². The van der Waals surface area contributed by atoms with Crippen LogP contribution in [0.1, 0.15) is 47.8 Å². The zero-order chi connectivity index (χ0) is 27.4. The molecule has 3 heterocycles. The molecule has 2 fully saturated rings. The van der Waals surface area contributed by atoms with E-state index in [2.05, 4.69) is 27.9 Å². The minimum atomic E-state index is -0.315. The lowest BCUT2D eigenvalue weighted by Crippen LogP contribution is -2.39. The van der Waals surface area contributed by atoms with Crippen LogP contribution in [-0.2, 0) is 13.6 Å². The number of para-hydroxylation sites is 3. The minimum absolute atomic E-state index is 0.00481. The van der Waals surface area contributed by atoms with Crippen LogP contribution in [0.3, 0.4) is 0 Å². The summed E-state index contributed by atoms with van der Waals surface area (Å²) >= 11 is 0. The largest absolute Gasteiger partial charge is 0.393 e. The lowest BCUT2D eigenvalue weighted by Gasteiger charge is -2.34. The van der Waals surface area contributed by atoms with Crippen molar-refractivity contribution in [2.75, 3.05) is 13.1 Å². The maximum atomic E-state index is 13.9. The average molecular weight is 538 g/mol. The molecule has 2 aromatic heterocycles. The third-order valence-corrected chi connectivity index (χ3v) is 8.68. The lowest BCUT2D eigenvalue weighted by molar-refractivity contribution is 0.0351. The predicted molar refractivity (Wildman–Crippen MR) is 152 cm³/mol. The lowest BCUT2D eigenvalue weighted by atomic mass is 9.82. The highest BCUT2D eigenvalue weighted by molar-refractivity contribution is 6.08. The molecule has 40 heavy (non-hydrogen) atoms. The highest BCUT2D eigenvalue weighted by Crippen LogP contribution is 2.36. The van der Waals surface area contributed by atoms with Gasteiger partial charge in [0.1, 0.15) is 17.3 Å². The number of benzene rings is 3. The molecule has 1 N–H and O–H groups in total. The van der Waals surface area contributed by atoms with E-state index < -0.39 is 0 Å². The Balaban J connectivity index is 1.13.